The summed E-state index contributed by atoms with van der Waals surface area (Å²) in [5.74, 6) is -0.589. The first-order valence-electron chi connectivity index (χ1n) is 5.26. The van der Waals surface area contributed by atoms with E-state index in [2.05, 4.69) is 10.1 Å². The lowest BCUT2D eigenvalue weighted by Crippen LogP contribution is -2.09. The Labute approximate surface area is 105 Å². The minimum Gasteiger partial charge on any atom is -0.508 e. The number of rotatable bonds is 3. The number of hydrogen-bond acceptors (Lipinski definition) is 5. The van der Waals surface area contributed by atoms with Crippen LogP contribution >= 0.6 is 0 Å². The van der Waals surface area contributed by atoms with E-state index in [4.69, 9.17) is 4.52 Å². The molecule has 5 nitrogen and oxygen atoms in total. The van der Waals surface area contributed by atoms with E-state index in [0.29, 0.717) is 0 Å². The van der Waals surface area contributed by atoms with E-state index >= 15 is 0 Å². The molecule has 102 valence electrons. The molecule has 1 aromatic carbocycles. The van der Waals surface area contributed by atoms with Gasteiger partial charge in [-0.3, -0.25) is 0 Å². The van der Waals surface area contributed by atoms with Crippen molar-refractivity contribution in [2.75, 3.05) is 0 Å². The van der Waals surface area contributed by atoms with Crippen LogP contribution in [-0.4, -0.2) is 26.5 Å². The summed E-state index contributed by atoms with van der Waals surface area (Å²) >= 11 is 0. The number of aromatic nitrogens is 2. The lowest BCUT2D eigenvalue weighted by molar-refractivity contribution is -0.134. The fourth-order valence-electron chi connectivity index (χ4n) is 1.44. The second kappa shape index (κ2) is 4.79. The molecule has 0 fully saturated rings. The number of phenolic OH excluding ortho intramolecular Hbond substituents is 2. The van der Waals surface area contributed by atoms with Gasteiger partial charge in [0.05, 0.1) is 6.42 Å². The highest BCUT2D eigenvalue weighted by atomic mass is 19.4. The molecule has 2 N–H and O–H groups in total. The highest BCUT2D eigenvalue weighted by Crippen LogP contribution is 2.28. The quantitative estimate of drug-likeness (QED) is 0.899. The van der Waals surface area contributed by atoms with Gasteiger partial charge in [-0.05, 0) is 12.1 Å². The monoisotopic (exact) mass is 274 g/mol. The van der Waals surface area contributed by atoms with Crippen molar-refractivity contribution in [2.45, 2.75) is 19.0 Å². The summed E-state index contributed by atoms with van der Waals surface area (Å²) in [5.41, 5.74) is 0.225. The highest BCUT2D eigenvalue weighted by Gasteiger charge is 2.27. The van der Waals surface area contributed by atoms with Crippen molar-refractivity contribution >= 4 is 0 Å². The molecule has 0 aliphatic carbocycles. The van der Waals surface area contributed by atoms with Crippen molar-refractivity contribution in [3.05, 3.63) is 24.0 Å². The molecule has 0 bridgehead atoms. The largest absolute Gasteiger partial charge is 0.508 e. The molecule has 0 amide bonds. The van der Waals surface area contributed by atoms with Crippen LogP contribution in [-0.2, 0) is 6.42 Å². The van der Waals surface area contributed by atoms with Gasteiger partial charge in [0, 0.05) is 18.1 Å². The van der Waals surface area contributed by atoms with Gasteiger partial charge in [-0.2, -0.15) is 18.2 Å². The van der Waals surface area contributed by atoms with Gasteiger partial charge in [0.1, 0.15) is 11.5 Å². The SMILES string of the molecule is Oc1cc(O)cc(-c2nc(CCC(F)(F)F)no2)c1. The zero-order valence-electron chi connectivity index (χ0n) is 9.48. The Balaban J connectivity index is 2.16. The van der Waals surface area contributed by atoms with E-state index in [0.717, 1.165) is 6.07 Å². The molecule has 2 rings (SSSR count). The smallest absolute Gasteiger partial charge is 0.389 e. The Hall–Kier alpha value is -2.25. The molecule has 0 saturated carbocycles. The summed E-state index contributed by atoms with van der Waals surface area (Å²) in [6.07, 6.45) is -5.72. The summed E-state index contributed by atoms with van der Waals surface area (Å²) in [4.78, 5) is 3.77. The van der Waals surface area contributed by atoms with Gasteiger partial charge in [0.15, 0.2) is 5.82 Å². The third-order valence-corrected chi connectivity index (χ3v) is 2.25. The summed E-state index contributed by atoms with van der Waals surface area (Å²) in [7, 11) is 0. The number of alkyl halides is 3. The van der Waals surface area contributed by atoms with Gasteiger partial charge in [-0.25, -0.2) is 0 Å². The van der Waals surface area contributed by atoms with E-state index in [1.54, 1.807) is 0 Å². The standard InChI is InChI=1S/C11H9F3N2O3/c12-11(13,14)2-1-9-15-10(19-16-9)6-3-7(17)5-8(18)4-6/h3-5,17-18H,1-2H2. The first-order chi connectivity index (χ1) is 8.83. The van der Waals surface area contributed by atoms with Gasteiger partial charge in [-0.15, -0.1) is 0 Å². The van der Waals surface area contributed by atoms with E-state index in [9.17, 15) is 23.4 Å². The number of phenols is 2. The van der Waals surface area contributed by atoms with Gasteiger partial charge in [-0.1, -0.05) is 5.16 Å². The molecule has 0 radical (unpaired) electrons. The Morgan fingerprint density at radius 1 is 1.11 bits per heavy atom. The summed E-state index contributed by atoms with van der Waals surface area (Å²) in [6.45, 7) is 0. The van der Waals surface area contributed by atoms with Crippen LogP contribution in [0, 0.1) is 0 Å². The minimum atomic E-state index is -4.29. The molecule has 0 spiro atoms. The molecule has 19 heavy (non-hydrogen) atoms. The maximum Gasteiger partial charge on any atom is 0.389 e. The Bertz CT molecular complexity index is 561. The number of aryl methyl sites for hydroxylation is 1. The molecule has 0 atom stereocenters. The van der Waals surface area contributed by atoms with Crippen LogP contribution in [0.2, 0.25) is 0 Å². The van der Waals surface area contributed by atoms with Crippen molar-refractivity contribution in [3.8, 4) is 23.0 Å². The molecule has 1 aromatic heterocycles. The summed E-state index contributed by atoms with van der Waals surface area (Å²) < 4.78 is 40.8. The first-order valence-corrected chi connectivity index (χ1v) is 5.26. The lowest BCUT2D eigenvalue weighted by atomic mass is 10.2. The van der Waals surface area contributed by atoms with Crippen molar-refractivity contribution in [1.29, 1.82) is 0 Å². The molecule has 0 unspecified atom stereocenters. The second-order valence-electron chi connectivity index (χ2n) is 3.87. The minimum absolute atomic E-state index is 0.0663. The predicted molar refractivity (Wildman–Crippen MR) is 57.4 cm³/mol. The average molecular weight is 274 g/mol. The van der Waals surface area contributed by atoms with Crippen LogP contribution in [0.25, 0.3) is 11.5 Å². The van der Waals surface area contributed by atoms with Gasteiger partial charge >= 0.3 is 6.18 Å². The normalized spacial score (nSPS) is 11.7. The first kappa shape index (κ1) is 13.2. The molecule has 8 heteroatoms. The predicted octanol–water partition coefficient (Wildman–Crippen LogP) is 2.64. The van der Waals surface area contributed by atoms with Crippen LogP contribution in [0.1, 0.15) is 12.2 Å². The van der Waals surface area contributed by atoms with Crippen molar-refractivity contribution in [1.82, 2.24) is 10.1 Å². The molecular formula is C11H9F3N2O3. The molecule has 2 aromatic rings. The zero-order valence-corrected chi connectivity index (χ0v) is 9.48. The Morgan fingerprint density at radius 2 is 1.74 bits per heavy atom. The van der Waals surface area contributed by atoms with Gasteiger partial charge in [0.2, 0.25) is 0 Å². The molecule has 0 aliphatic rings. The number of halogens is 3. The van der Waals surface area contributed by atoms with E-state index in [-0.39, 0.29) is 28.8 Å². The van der Waals surface area contributed by atoms with Crippen molar-refractivity contribution in [2.24, 2.45) is 0 Å². The second-order valence-corrected chi connectivity index (χ2v) is 3.87. The number of benzene rings is 1. The van der Waals surface area contributed by atoms with E-state index in [1.165, 1.54) is 12.1 Å². The van der Waals surface area contributed by atoms with E-state index in [1.807, 2.05) is 0 Å². The van der Waals surface area contributed by atoms with Crippen LogP contribution in [0.3, 0.4) is 0 Å². The van der Waals surface area contributed by atoms with Crippen LogP contribution in [0.15, 0.2) is 22.7 Å². The van der Waals surface area contributed by atoms with Gasteiger partial charge < -0.3 is 14.7 Å². The van der Waals surface area contributed by atoms with E-state index < -0.39 is 19.0 Å². The molecule has 1 heterocycles. The number of nitrogens with zero attached hydrogens (tertiary/aromatic N) is 2. The lowest BCUT2D eigenvalue weighted by Gasteiger charge is -2.01. The fourth-order valence-corrected chi connectivity index (χ4v) is 1.44. The molecule has 0 saturated heterocycles. The van der Waals surface area contributed by atoms with Crippen LogP contribution < -0.4 is 0 Å². The Morgan fingerprint density at radius 3 is 2.32 bits per heavy atom. The Kier molecular flexibility index (Phi) is 3.32. The third kappa shape index (κ3) is 3.60. The maximum absolute atomic E-state index is 12.0. The fraction of sp³-hybridized carbons (Fsp3) is 0.273. The summed E-state index contributed by atoms with van der Waals surface area (Å²) in [5, 5.41) is 22.0. The van der Waals surface area contributed by atoms with Crippen molar-refractivity contribution in [3.63, 3.8) is 0 Å². The zero-order chi connectivity index (χ0) is 14.0. The topological polar surface area (TPSA) is 79.4 Å². The highest BCUT2D eigenvalue weighted by molar-refractivity contribution is 5.58. The molecule has 0 aliphatic heterocycles. The van der Waals surface area contributed by atoms with Crippen LogP contribution in [0.4, 0.5) is 13.2 Å². The van der Waals surface area contributed by atoms with Crippen LogP contribution in [0.5, 0.6) is 11.5 Å². The summed E-state index contributed by atoms with van der Waals surface area (Å²) in [6, 6.07) is 3.60. The number of hydrogen-bond donors (Lipinski definition) is 2. The van der Waals surface area contributed by atoms with Crippen molar-refractivity contribution < 1.29 is 27.9 Å². The molecular weight excluding hydrogens is 265 g/mol. The average Bonchev–Trinajstić information content (AvgIpc) is 2.72. The van der Waals surface area contributed by atoms with Gasteiger partial charge in [0.25, 0.3) is 5.89 Å². The maximum atomic E-state index is 12.0. The third-order valence-electron chi connectivity index (χ3n) is 2.25. The number of aromatic hydroxyl groups is 2.